The normalized spacial score (nSPS) is 14.4. The lowest BCUT2D eigenvalue weighted by molar-refractivity contribution is -0.124. The minimum Gasteiger partial charge on any atom is -0.393 e. The molecule has 0 bridgehead atoms. The van der Waals surface area contributed by atoms with E-state index in [1.54, 1.807) is 6.08 Å². The molecule has 0 spiro atoms. The van der Waals surface area contributed by atoms with E-state index < -0.39 is 12.2 Å². The number of hydrogen-bond donors (Lipinski definition) is 3. The summed E-state index contributed by atoms with van der Waals surface area (Å²) in [5, 5.41) is 29.9. The van der Waals surface area contributed by atoms with Crippen molar-refractivity contribution in [1.82, 2.24) is 5.06 Å². The summed E-state index contributed by atoms with van der Waals surface area (Å²) >= 11 is 0. The zero-order valence-corrected chi connectivity index (χ0v) is 10.4. The SMILES string of the molecule is C=CCC(O)CC(O)CN(O)Cc1ccccc1. The quantitative estimate of drug-likeness (QED) is 0.485. The molecule has 0 saturated heterocycles. The number of aliphatic hydroxyl groups is 2. The maximum Gasteiger partial charge on any atom is 0.0715 e. The molecule has 0 saturated carbocycles. The van der Waals surface area contributed by atoms with Crippen molar-refractivity contribution in [3.63, 3.8) is 0 Å². The molecule has 1 aromatic carbocycles. The summed E-state index contributed by atoms with van der Waals surface area (Å²) in [5.74, 6) is 0. The first-order valence-electron chi connectivity index (χ1n) is 6.06. The highest BCUT2D eigenvalue weighted by Gasteiger charge is 2.14. The molecular formula is C14H21NO3. The van der Waals surface area contributed by atoms with Crippen LogP contribution in [0.15, 0.2) is 43.0 Å². The van der Waals surface area contributed by atoms with Gasteiger partial charge in [-0.15, -0.1) is 6.58 Å². The largest absolute Gasteiger partial charge is 0.393 e. The predicted octanol–water partition coefficient (Wildman–Crippen LogP) is 1.57. The highest BCUT2D eigenvalue weighted by Crippen LogP contribution is 2.07. The predicted molar refractivity (Wildman–Crippen MR) is 70.1 cm³/mol. The molecule has 3 N–H and O–H groups in total. The Morgan fingerprint density at radius 2 is 1.83 bits per heavy atom. The lowest BCUT2D eigenvalue weighted by Gasteiger charge is -2.20. The molecule has 0 fully saturated rings. The minimum atomic E-state index is -0.756. The summed E-state index contributed by atoms with van der Waals surface area (Å²) in [6.07, 6.45) is 0.924. The van der Waals surface area contributed by atoms with Gasteiger partial charge in [0, 0.05) is 13.0 Å². The molecule has 0 aliphatic heterocycles. The molecule has 2 unspecified atom stereocenters. The zero-order valence-electron chi connectivity index (χ0n) is 10.4. The first kappa shape index (κ1) is 14.9. The minimum absolute atomic E-state index is 0.114. The van der Waals surface area contributed by atoms with Crippen LogP contribution in [0.3, 0.4) is 0 Å². The van der Waals surface area contributed by atoms with Crippen molar-refractivity contribution < 1.29 is 15.4 Å². The van der Waals surface area contributed by atoms with Crippen LogP contribution in [0, 0.1) is 0 Å². The smallest absolute Gasteiger partial charge is 0.0715 e. The molecule has 18 heavy (non-hydrogen) atoms. The van der Waals surface area contributed by atoms with Crippen LogP contribution in [0.2, 0.25) is 0 Å². The van der Waals surface area contributed by atoms with Gasteiger partial charge in [-0.05, 0) is 12.0 Å². The number of aliphatic hydroxyl groups excluding tert-OH is 2. The lowest BCUT2D eigenvalue weighted by Crippen LogP contribution is -2.31. The van der Waals surface area contributed by atoms with E-state index >= 15 is 0 Å². The Labute approximate surface area is 108 Å². The Morgan fingerprint density at radius 1 is 1.17 bits per heavy atom. The van der Waals surface area contributed by atoms with Gasteiger partial charge in [0.15, 0.2) is 0 Å². The lowest BCUT2D eigenvalue weighted by atomic mass is 10.1. The number of hydrogen-bond acceptors (Lipinski definition) is 4. The fourth-order valence-corrected chi connectivity index (χ4v) is 1.78. The molecular weight excluding hydrogens is 230 g/mol. The van der Waals surface area contributed by atoms with E-state index in [-0.39, 0.29) is 13.0 Å². The summed E-state index contributed by atoms with van der Waals surface area (Å²) in [7, 11) is 0. The summed E-state index contributed by atoms with van der Waals surface area (Å²) in [5.41, 5.74) is 0.971. The Kier molecular flexibility index (Phi) is 6.60. The van der Waals surface area contributed by atoms with Gasteiger partial charge in [-0.1, -0.05) is 36.4 Å². The molecule has 0 radical (unpaired) electrons. The fraction of sp³-hybridized carbons (Fsp3) is 0.429. The van der Waals surface area contributed by atoms with Gasteiger partial charge in [-0.3, -0.25) is 0 Å². The molecule has 0 aliphatic carbocycles. The molecule has 0 heterocycles. The van der Waals surface area contributed by atoms with Gasteiger partial charge in [0.1, 0.15) is 0 Å². The summed E-state index contributed by atoms with van der Waals surface area (Å²) in [6, 6.07) is 9.51. The maximum absolute atomic E-state index is 9.70. The average Bonchev–Trinajstić information content (AvgIpc) is 2.29. The van der Waals surface area contributed by atoms with Crippen molar-refractivity contribution in [3.05, 3.63) is 48.6 Å². The van der Waals surface area contributed by atoms with Crippen molar-refractivity contribution in [3.8, 4) is 0 Å². The van der Waals surface area contributed by atoms with Gasteiger partial charge in [0.25, 0.3) is 0 Å². The molecule has 100 valence electrons. The second-order valence-corrected chi connectivity index (χ2v) is 4.40. The molecule has 4 nitrogen and oxygen atoms in total. The molecule has 0 aliphatic rings. The van der Waals surface area contributed by atoms with E-state index in [4.69, 9.17) is 0 Å². The highest BCUT2D eigenvalue weighted by molar-refractivity contribution is 5.14. The molecule has 1 rings (SSSR count). The van der Waals surface area contributed by atoms with Gasteiger partial charge in [-0.25, -0.2) is 0 Å². The van der Waals surface area contributed by atoms with Gasteiger partial charge < -0.3 is 15.4 Å². The second-order valence-electron chi connectivity index (χ2n) is 4.40. The van der Waals surface area contributed by atoms with Gasteiger partial charge in [0.2, 0.25) is 0 Å². The number of nitrogens with zero attached hydrogens (tertiary/aromatic N) is 1. The van der Waals surface area contributed by atoms with E-state index in [9.17, 15) is 15.4 Å². The molecule has 0 aromatic heterocycles. The zero-order chi connectivity index (χ0) is 13.4. The van der Waals surface area contributed by atoms with Crippen molar-refractivity contribution in [2.45, 2.75) is 31.6 Å². The third kappa shape index (κ3) is 5.93. The average molecular weight is 251 g/mol. The Balaban J connectivity index is 2.31. The van der Waals surface area contributed by atoms with E-state index in [1.807, 2.05) is 30.3 Å². The van der Waals surface area contributed by atoms with Crippen LogP contribution < -0.4 is 0 Å². The number of benzene rings is 1. The molecule has 1 aromatic rings. The summed E-state index contributed by atoms with van der Waals surface area (Å²) < 4.78 is 0. The van der Waals surface area contributed by atoms with Gasteiger partial charge in [-0.2, -0.15) is 5.06 Å². The van der Waals surface area contributed by atoms with Gasteiger partial charge in [0.05, 0.1) is 18.8 Å². The number of rotatable bonds is 8. The van der Waals surface area contributed by atoms with Crippen LogP contribution in [0.5, 0.6) is 0 Å². The molecule has 2 atom stereocenters. The van der Waals surface area contributed by atoms with Gasteiger partial charge >= 0.3 is 0 Å². The summed E-state index contributed by atoms with van der Waals surface area (Å²) in [4.78, 5) is 0. The first-order chi connectivity index (χ1) is 8.61. The second kappa shape index (κ2) is 8.00. The van der Waals surface area contributed by atoms with E-state index in [1.165, 1.54) is 0 Å². The van der Waals surface area contributed by atoms with Crippen LogP contribution in [-0.2, 0) is 6.54 Å². The van der Waals surface area contributed by atoms with Crippen molar-refractivity contribution in [2.24, 2.45) is 0 Å². The van der Waals surface area contributed by atoms with Crippen LogP contribution >= 0.6 is 0 Å². The standard InChI is InChI=1S/C14H21NO3/c1-2-6-13(16)9-14(17)11-15(18)10-12-7-4-3-5-8-12/h2-5,7-8,13-14,16-18H,1,6,9-11H2. The maximum atomic E-state index is 9.70. The van der Waals surface area contributed by atoms with E-state index in [2.05, 4.69) is 6.58 Å². The van der Waals surface area contributed by atoms with E-state index in [0.717, 1.165) is 10.6 Å². The van der Waals surface area contributed by atoms with Crippen LogP contribution in [0.25, 0.3) is 0 Å². The monoisotopic (exact) mass is 251 g/mol. The topological polar surface area (TPSA) is 63.9 Å². The fourth-order valence-electron chi connectivity index (χ4n) is 1.78. The van der Waals surface area contributed by atoms with Crippen LogP contribution in [-0.4, -0.2) is 39.2 Å². The number of hydroxylamine groups is 2. The van der Waals surface area contributed by atoms with Crippen LogP contribution in [0.4, 0.5) is 0 Å². The third-order valence-corrected chi connectivity index (χ3v) is 2.61. The Hall–Kier alpha value is -1.20. The third-order valence-electron chi connectivity index (χ3n) is 2.61. The highest BCUT2D eigenvalue weighted by atomic mass is 16.5. The van der Waals surface area contributed by atoms with E-state index in [0.29, 0.717) is 13.0 Å². The molecule has 4 heteroatoms. The summed E-state index contributed by atoms with van der Waals surface area (Å²) in [6.45, 7) is 3.99. The first-order valence-corrected chi connectivity index (χ1v) is 6.06. The Morgan fingerprint density at radius 3 is 2.44 bits per heavy atom. The van der Waals surface area contributed by atoms with Crippen molar-refractivity contribution in [1.29, 1.82) is 0 Å². The van der Waals surface area contributed by atoms with Crippen LogP contribution in [0.1, 0.15) is 18.4 Å². The van der Waals surface area contributed by atoms with Crippen molar-refractivity contribution >= 4 is 0 Å². The van der Waals surface area contributed by atoms with Crippen molar-refractivity contribution in [2.75, 3.05) is 6.54 Å². The molecule has 0 amide bonds. The Bertz CT molecular complexity index is 342.